The van der Waals surface area contributed by atoms with E-state index in [4.69, 9.17) is 9.47 Å². The third-order valence-electron chi connectivity index (χ3n) is 4.57. The molecule has 0 aliphatic carbocycles. The Morgan fingerprint density at radius 1 is 1.27 bits per heavy atom. The maximum atomic E-state index is 12.1. The van der Waals surface area contributed by atoms with Gasteiger partial charge in [0.25, 0.3) is 5.91 Å². The molecule has 0 spiro atoms. The summed E-state index contributed by atoms with van der Waals surface area (Å²) in [7, 11) is 1.60. The van der Waals surface area contributed by atoms with Gasteiger partial charge >= 0.3 is 0 Å². The first-order chi connectivity index (χ1) is 12.6. The van der Waals surface area contributed by atoms with Gasteiger partial charge in [-0.15, -0.1) is 0 Å². The summed E-state index contributed by atoms with van der Waals surface area (Å²) in [5.41, 5.74) is 1.03. The van der Waals surface area contributed by atoms with Crippen LogP contribution in [0, 0.1) is 5.92 Å². The molecule has 0 saturated carbocycles. The number of carbonyl (C=O) groups is 1. The number of allylic oxidation sites excluding steroid dienone is 1. The summed E-state index contributed by atoms with van der Waals surface area (Å²) in [6, 6.07) is 5.67. The second-order valence-corrected chi connectivity index (χ2v) is 6.97. The van der Waals surface area contributed by atoms with Crippen LogP contribution in [-0.2, 0) is 4.79 Å². The van der Waals surface area contributed by atoms with E-state index in [1.807, 2.05) is 37.3 Å². The zero-order chi connectivity index (χ0) is 18.8. The van der Waals surface area contributed by atoms with Crippen LogP contribution in [0.15, 0.2) is 24.3 Å². The first kappa shape index (κ1) is 20.3. The Morgan fingerprint density at radius 3 is 2.73 bits per heavy atom. The third kappa shape index (κ3) is 6.71. The van der Waals surface area contributed by atoms with E-state index in [-0.39, 0.29) is 12.5 Å². The highest BCUT2D eigenvalue weighted by molar-refractivity contribution is 5.77. The van der Waals surface area contributed by atoms with E-state index in [0.717, 1.165) is 12.1 Å². The molecule has 144 valence electrons. The fourth-order valence-corrected chi connectivity index (χ4v) is 3.23. The minimum atomic E-state index is -0.102. The third-order valence-corrected chi connectivity index (χ3v) is 4.57. The van der Waals surface area contributed by atoms with Crippen LogP contribution < -0.4 is 14.8 Å². The Labute approximate surface area is 157 Å². The normalized spacial score (nSPS) is 16.4. The Balaban J connectivity index is 1.74. The molecule has 5 heteroatoms. The number of amides is 1. The summed E-state index contributed by atoms with van der Waals surface area (Å²) in [5.74, 6) is 1.55. The van der Waals surface area contributed by atoms with Crippen molar-refractivity contribution < 1.29 is 14.3 Å². The van der Waals surface area contributed by atoms with Crippen molar-refractivity contribution in [1.82, 2.24) is 10.2 Å². The van der Waals surface area contributed by atoms with E-state index < -0.39 is 0 Å². The van der Waals surface area contributed by atoms with Gasteiger partial charge in [-0.2, -0.15) is 0 Å². The molecule has 1 amide bonds. The zero-order valence-electron chi connectivity index (χ0n) is 16.3. The van der Waals surface area contributed by atoms with Crippen molar-refractivity contribution in [2.24, 2.45) is 5.92 Å². The summed E-state index contributed by atoms with van der Waals surface area (Å²) >= 11 is 0. The molecule has 5 nitrogen and oxygen atoms in total. The Morgan fingerprint density at radius 2 is 2.04 bits per heavy atom. The first-order valence-corrected chi connectivity index (χ1v) is 9.55. The lowest BCUT2D eigenvalue weighted by Crippen LogP contribution is -2.39. The lowest BCUT2D eigenvalue weighted by Gasteiger charge is -2.29. The number of likely N-dealkylation sites (tertiary alicyclic amines) is 1. The highest BCUT2D eigenvalue weighted by Gasteiger charge is 2.14. The largest absolute Gasteiger partial charge is 0.493 e. The van der Waals surface area contributed by atoms with E-state index in [1.54, 1.807) is 7.11 Å². The van der Waals surface area contributed by atoms with E-state index in [9.17, 15) is 4.79 Å². The number of methoxy groups -OCH3 is 1. The van der Waals surface area contributed by atoms with E-state index in [0.29, 0.717) is 24.0 Å². The molecule has 1 N–H and O–H groups in total. The van der Waals surface area contributed by atoms with Gasteiger partial charge < -0.3 is 19.7 Å². The number of hydrogen-bond acceptors (Lipinski definition) is 4. The van der Waals surface area contributed by atoms with Crippen molar-refractivity contribution >= 4 is 12.0 Å². The lowest BCUT2D eigenvalue weighted by atomic mass is 10.1. The number of ether oxygens (including phenoxy) is 2. The summed E-state index contributed by atoms with van der Waals surface area (Å²) in [6.07, 6.45) is 7.89. The van der Waals surface area contributed by atoms with Crippen molar-refractivity contribution in [1.29, 1.82) is 0 Å². The predicted octanol–water partition coefficient (Wildman–Crippen LogP) is 3.35. The standard InChI is InChI=1S/C21H32N2O3/c1-4-8-18-9-10-19(20(13-18)25-3)26-16-21(24)22-14-17(2)15-23-11-6-5-7-12-23/h4,8-10,13,17H,5-7,11-12,14-16H2,1-3H3,(H,22,24)/b8-4+. The fraction of sp³-hybridized carbons (Fsp3) is 0.571. The van der Waals surface area contributed by atoms with Gasteiger partial charge in [0.15, 0.2) is 18.1 Å². The molecule has 0 aromatic heterocycles. The number of carbonyl (C=O) groups excluding carboxylic acids is 1. The lowest BCUT2D eigenvalue weighted by molar-refractivity contribution is -0.123. The van der Waals surface area contributed by atoms with Gasteiger partial charge in [0.1, 0.15) is 0 Å². The number of benzene rings is 1. The highest BCUT2D eigenvalue weighted by atomic mass is 16.5. The van der Waals surface area contributed by atoms with Gasteiger partial charge in [-0.05, 0) is 56.5 Å². The van der Waals surface area contributed by atoms with Crippen LogP contribution in [-0.4, -0.2) is 50.7 Å². The molecule has 1 aromatic rings. The molecular weight excluding hydrogens is 328 g/mol. The van der Waals surface area contributed by atoms with Crippen molar-refractivity contribution in [3.8, 4) is 11.5 Å². The smallest absolute Gasteiger partial charge is 0.257 e. The van der Waals surface area contributed by atoms with E-state index >= 15 is 0 Å². The molecular formula is C21H32N2O3. The summed E-state index contributed by atoms with van der Waals surface area (Å²) in [5, 5.41) is 2.97. The summed E-state index contributed by atoms with van der Waals surface area (Å²) in [6.45, 7) is 8.23. The quantitative estimate of drug-likeness (QED) is 0.734. The van der Waals surface area contributed by atoms with Crippen LogP contribution in [0.1, 0.15) is 38.7 Å². The molecule has 1 aromatic carbocycles. The number of hydrogen-bond donors (Lipinski definition) is 1. The highest BCUT2D eigenvalue weighted by Crippen LogP contribution is 2.28. The Hall–Kier alpha value is -2.01. The Bertz CT molecular complexity index is 595. The molecule has 1 aliphatic heterocycles. The molecule has 1 atom stereocenters. The van der Waals surface area contributed by atoms with Gasteiger partial charge in [0.2, 0.25) is 0 Å². The number of rotatable bonds is 9. The van der Waals surface area contributed by atoms with Crippen molar-refractivity contribution in [3.05, 3.63) is 29.8 Å². The van der Waals surface area contributed by atoms with E-state index in [1.165, 1.54) is 32.4 Å². The molecule has 0 bridgehead atoms. The van der Waals surface area contributed by atoms with Gasteiger partial charge in [-0.1, -0.05) is 31.6 Å². The van der Waals surface area contributed by atoms with Crippen LogP contribution in [0.5, 0.6) is 11.5 Å². The molecule has 1 heterocycles. The van der Waals surface area contributed by atoms with Crippen molar-refractivity contribution in [2.75, 3.05) is 39.9 Å². The number of nitrogens with one attached hydrogen (secondary N) is 1. The average Bonchev–Trinajstić information content (AvgIpc) is 2.66. The van der Waals surface area contributed by atoms with Gasteiger partial charge in [-0.25, -0.2) is 0 Å². The number of nitrogens with zero attached hydrogens (tertiary/aromatic N) is 1. The monoisotopic (exact) mass is 360 g/mol. The zero-order valence-corrected chi connectivity index (χ0v) is 16.3. The minimum Gasteiger partial charge on any atom is -0.493 e. The Kier molecular flexibility index (Phi) is 8.48. The SMILES string of the molecule is C/C=C/c1ccc(OCC(=O)NCC(C)CN2CCCCC2)c(OC)c1. The fourth-order valence-electron chi connectivity index (χ4n) is 3.23. The van der Waals surface area contributed by atoms with Crippen molar-refractivity contribution in [3.63, 3.8) is 0 Å². The molecule has 2 rings (SSSR count). The molecule has 1 fully saturated rings. The molecule has 1 saturated heterocycles. The van der Waals surface area contributed by atoms with Gasteiger partial charge in [0.05, 0.1) is 7.11 Å². The predicted molar refractivity (Wildman–Crippen MR) is 106 cm³/mol. The van der Waals surface area contributed by atoms with Crippen LogP contribution in [0.3, 0.4) is 0 Å². The summed E-state index contributed by atoms with van der Waals surface area (Å²) in [4.78, 5) is 14.6. The minimum absolute atomic E-state index is 0.00421. The molecule has 1 unspecified atom stereocenters. The maximum absolute atomic E-state index is 12.1. The van der Waals surface area contributed by atoms with Crippen molar-refractivity contribution in [2.45, 2.75) is 33.1 Å². The second kappa shape index (κ2) is 10.9. The number of piperidine rings is 1. The van der Waals surface area contributed by atoms with Crippen LogP contribution in [0.4, 0.5) is 0 Å². The van der Waals surface area contributed by atoms with Crippen LogP contribution in [0.25, 0.3) is 6.08 Å². The van der Waals surface area contributed by atoms with Crippen LogP contribution >= 0.6 is 0 Å². The van der Waals surface area contributed by atoms with Gasteiger partial charge in [-0.3, -0.25) is 4.79 Å². The first-order valence-electron chi connectivity index (χ1n) is 9.55. The average molecular weight is 360 g/mol. The van der Waals surface area contributed by atoms with Gasteiger partial charge in [0, 0.05) is 13.1 Å². The summed E-state index contributed by atoms with van der Waals surface area (Å²) < 4.78 is 11.0. The molecule has 1 aliphatic rings. The van der Waals surface area contributed by atoms with Crippen LogP contribution in [0.2, 0.25) is 0 Å². The second-order valence-electron chi connectivity index (χ2n) is 6.97. The molecule has 26 heavy (non-hydrogen) atoms. The topological polar surface area (TPSA) is 50.8 Å². The maximum Gasteiger partial charge on any atom is 0.257 e. The van der Waals surface area contributed by atoms with E-state index in [2.05, 4.69) is 17.1 Å². The molecule has 0 radical (unpaired) electrons.